The van der Waals surface area contributed by atoms with E-state index in [0.717, 1.165) is 0 Å². The van der Waals surface area contributed by atoms with Gasteiger partial charge < -0.3 is 14.5 Å². The summed E-state index contributed by atoms with van der Waals surface area (Å²) >= 11 is 5.78. The molecular formula is C13H13ClN2O3. The first-order valence-electron chi connectivity index (χ1n) is 5.64. The lowest BCUT2D eigenvalue weighted by Crippen LogP contribution is -2.14. The van der Waals surface area contributed by atoms with Crippen LogP contribution in [0.1, 0.15) is 11.5 Å². The Morgan fingerprint density at radius 3 is 2.68 bits per heavy atom. The van der Waals surface area contributed by atoms with E-state index >= 15 is 0 Å². The fraction of sp³-hybridized carbons (Fsp3) is 0.231. The molecule has 1 N–H and O–H groups in total. The van der Waals surface area contributed by atoms with Crippen LogP contribution in [0.2, 0.25) is 5.02 Å². The van der Waals surface area contributed by atoms with Crippen molar-refractivity contribution >= 4 is 11.6 Å². The molecule has 0 aliphatic heterocycles. The van der Waals surface area contributed by atoms with Gasteiger partial charge in [-0.05, 0) is 24.3 Å². The highest BCUT2D eigenvalue weighted by atomic mass is 35.5. The third-order valence-electron chi connectivity index (χ3n) is 2.33. The fourth-order valence-corrected chi connectivity index (χ4v) is 1.66. The maximum Gasteiger partial charge on any atom is 0.251 e. The van der Waals surface area contributed by atoms with Crippen LogP contribution >= 0.6 is 11.6 Å². The second-order valence-corrected chi connectivity index (χ2v) is 4.30. The second-order valence-electron chi connectivity index (χ2n) is 3.86. The number of nitrogens with zero attached hydrogens (tertiary/aromatic N) is 1. The maximum absolute atomic E-state index is 11.4. The molecule has 100 valence electrons. The molecule has 0 radical (unpaired) electrons. The Morgan fingerprint density at radius 2 is 2.00 bits per heavy atom. The fourth-order valence-electron chi connectivity index (χ4n) is 1.54. The number of halogens is 1. The molecule has 0 aliphatic rings. The van der Waals surface area contributed by atoms with Crippen LogP contribution in [0.15, 0.2) is 35.1 Å². The van der Waals surface area contributed by atoms with Crippen LogP contribution in [-0.2, 0) is 18.0 Å². The molecule has 1 aromatic carbocycles. The highest BCUT2D eigenvalue weighted by Gasteiger charge is 2.02. The first-order chi connectivity index (χ1) is 9.17. The van der Waals surface area contributed by atoms with Crippen molar-refractivity contribution in [3.05, 3.63) is 57.2 Å². The van der Waals surface area contributed by atoms with E-state index in [1.807, 2.05) is 0 Å². The quantitative estimate of drug-likeness (QED) is 0.911. The van der Waals surface area contributed by atoms with E-state index in [1.165, 1.54) is 6.07 Å². The van der Waals surface area contributed by atoms with Crippen molar-refractivity contribution in [1.29, 1.82) is 0 Å². The molecule has 0 aliphatic carbocycles. The van der Waals surface area contributed by atoms with Crippen LogP contribution in [-0.4, -0.2) is 17.1 Å². The van der Waals surface area contributed by atoms with Crippen molar-refractivity contribution in [1.82, 2.24) is 9.97 Å². The standard InChI is InChI=1S/C13H13ClN2O3/c1-18-7-10-6-13(17)16-12(15-10)8-19-11-4-2-9(14)3-5-11/h2-6H,7-8H2,1H3,(H,15,16,17). The van der Waals surface area contributed by atoms with Gasteiger partial charge in [-0.3, -0.25) is 4.79 Å². The molecule has 0 amide bonds. The molecule has 0 fully saturated rings. The monoisotopic (exact) mass is 280 g/mol. The lowest BCUT2D eigenvalue weighted by molar-refractivity contribution is 0.180. The number of H-pyrrole nitrogens is 1. The minimum atomic E-state index is -0.225. The predicted octanol–water partition coefficient (Wildman–Crippen LogP) is 2.15. The number of rotatable bonds is 5. The number of ether oxygens (including phenoxy) is 2. The van der Waals surface area contributed by atoms with Gasteiger partial charge in [-0.2, -0.15) is 0 Å². The predicted molar refractivity (Wildman–Crippen MR) is 71.4 cm³/mol. The highest BCUT2D eigenvalue weighted by molar-refractivity contribution is 6.30. The Bertz CT molecular complexity index is 596. The van der Waals surface area contributed by atoms with Crippen LogP contribution in [0.3, 0.4) is 0 Å². The molecule has 19 heavy (non-hydrogen) atoms. The first kappa shape index (κ1) is 13.6. The molecule has 0 unspecified atom stereocenters. The number of benzene rings is 1. The van der Waals surface area contributed by atoms with Gasteiger partial charge >= 0.3 is 0 Å². The minimum Gasteiger partial charge on any atom is -0.486 e. The van der Waals surface area contributed by atoms with E-state index in [0.29, 0.717) is 22.3 Å². The summed E-state index contributed by atoms with van der Waals surface area (Å²) in [4.78, 5) is 18.3. The van der Waals surface area contributed by atoms with Crippen molar-refractivity contribution in [3.8, 4) is 5.75 Å². The molecule has 1 heterocycles. The number of aromatic nitrogens is 2. The molecule has 1 aromatic heterocycles. The first-order valence-corrected chi connectivity index (χ1v) is 6.01. The third kappa shape index (κ3) is 4.08. The SMILES string of the molecule is COCc1cc(=O)[nH]c(COc2ccc(Cl)cc2)n1. The van der Waals surface area contributed by atoms with Gasteiger partial charge in [-0.1, -0.05) is 11.6 Å². The summed E-state index contributed by atoms with van der Waals surface area (Å²) in [6.45, 7) is 0.465. The van der Waals surface area contributed by atoms with Gasteiger partial charge in [-0.15, -0.1) is 0 Å². The summed E-state index contributed by atoms with van der Waals surface area (Å²) < 4.78 is 10.4. The molecule has 0 saturated heterocycles. The van der Waals surface area contributed by atoms with Gasteiger partial charge in [0.2, 0.25) is 0 Å². The second kappa shape index (κ2) is 6.36. The van der Waals surface area contributed by atoms with Gasteiger partial charge in [0.1, 0.15) is 18.2 Å². The number of hydrogen-bond donors (Lipinski definition) is 1. The van der Waals surface area contributed by atoms with Gasteiger partial charge in [0.25, 0.3) is 5.56 Å². The lowest BCUT2D eigenvalue weighted by Gasteiger charge is -2.06. The zero-order chi connectivity index (χ0) is 13.7. The Labute approximate surface area is 115 Å². The number of methoxy groups -OCH3 is 1. The van der Waals surface area contributed by atoms with E-state index < -0.39 is 0 Å². The lowest BCUT2D eigenvalue weighted by atomic mass is 10.3. The van der Waals surface area contributed by atoms with Crippen molar-refractivity contribution in [2.45, 2.75) is 13.2 Å². The van der Waals surface area contributed by atoms with Crippen LogP contribution < -0.4 is 10.3 Å². The van der Waals surface area contributed by atoms with Crippen molar-refractivity contribution < 1.29 is 9.47 Å². The molecule has 0 bridgehead atoms. The number of aromatic amines is 1. The summed E-state index contributed by atoms with van der Waals surface area (Å²) in [5.41, 5.74) is 0.345. The highest BCUT2D eigenvalue weighted by Crippen LogP contribution is 2.16. The molecule has 0 saturated carbocycles. The van der Waals surface area contributed by atoms with Gasteiger partial charge in [0.05, 0.1) is 12.3 Å². The van der Waals surface area contributed by atoms with E-state index in [1.54, 1.807) is 31.4 Å². The molecule has 2 rings (SSSR count). The number of hydrogen-bond acceptors (Lipinski definition) is 4. The summed E-state index contributed by atoms with van der Waals surface area (Å²) in [5.74, 6) is 1.11. The van der Waals surface area contributed by atoms with E-state index in [4.69, 9.17) is 21.1 Å². The van der Waals surface area contributed by atoms with Crippen molar-refractivity contribution in [2.24, 2.45) is 0 Å². The molecule has 2 aromatic rings. The van der Waals surface area contributed by atoms with Gasteiger partial charge in [0, 0.05) is 18.2 Å². The van der Waals surface area contributed by atoms with Gasteiger partial charge in [0.15, 0.2) is 0 Å². The van der Waals surface area contributed by atoms with Crippen LogP contribution in [0.5, 0.6) is 5.75 Å². The largest absolute Gasteiger partial charge is 0.486 e. The summed E-state index contributed by atoms with van der Waals surface area (Å²) in [7, 11) is 1.55. The zero-order valence-electron chi connectivity index (χ0n) is 10.4. The smallest absolute Gasteiger partial charge is 0.251 e. The summed E-state index contributed by atoms with van der Waals surface area (Å²) in [6, 6.07) is 8.36. The normalized spacial score (nSPS) is 10.4. The summed E-state index contributed by atoms with van der Waals surface area (Å²) in [6.07, 6.45) is 0. The van der Waals surface area contributed by atoms with Gasteiger partial charge in [-0.25, -0.2) is 4.98 Å². The van der Waals surface area contributed by atoms with E-state index in [2.05, 4.69) is 9.97 Å². The minimum absolute atomic E-state index is 0.175. The maximum atomic E-state index is 11.4. The van der Waals surface area contributed by atoms with Crippen molar-refractivity contribution in [3.63, 3.8) is 0 Å². The molecule has 5 nitrogen and oxygen atoms in total. The van der Waals surface area contributed by atoms with E-state index in [-0.39, 0.29) is 18.8 Å². The Hall–Kier alpha value is -1.85. The molecule has 6 heteroatoms. The van der Waals surface area contributed by atoms with Crippen LogP contribution in [0.4, 0.5) is 0 Å². The van der Waals surface area contributed by atoms with Crippen LogP contribution in [0.25, 0.3) is 0 Å². The average Bonchev–Trinajstić information content (AvgIpc) is 2.38. The summed E-state index contributed by atoms with van der Waals surface area (Å²) in [5, 5.41) is 0.640. The number of nitrogens with one attached hydrogen (secondary N) is 1. The third-order valence-corrected chi connectivity index (χ3v) is 2.58. The van der Waals surface area contributed by atoms with Crippen molar-refractivity contribution in [2.75, 3.05) is 7.11 Å². The molecular weight excluding hydrogens is 268 g/mol. The zero-order valence-corrected chi connectivity index (χ0v) is 11.1. The molecule has 0 spiro atoms. The Morgan fingerprint density at radius 1 is 1.26 bits per heavy atom. The van der Waals surface area contributed by atoms with E-state index in [9.17, 15) is 4.79 Å². The Balaban J connectivity index is 2.06. The molecule has 0 atom stereocenters. The Kier molecular flexibility index (Phi) is 4.54. The average molecular weight is 281 g/mol. The topological polar surface area (TPSA) is 64.2 Å². The van der Waals surface area contributed by atoms with Crippen LogP contribution in [0, 0.1) is 0 Å².